The first kappa shape index (κ1) is 16.1. The molecule has 0 bridgehead atoms. The zero-order valence-corrected chi connectivity index (χ0v) is 13.3. The molecule has 110 valence electrons. The minimum absolute atomic E-state index is 0.0482. The van der Waals surface area contributed by atoms with Crippen molar-refractivity contribution >= 4 is 0 Å². The quantitative estimate of drug-likeness (QED) is 0.787. The highest BCUT2D eigenvalue weighted by atomic mass is 15.6. The molecule has 1 atom stereocenters. The van der Waals surface area contributed by atoms with E-state index in [1.54, 1.807) is 0 Å². The van der Waals surface area contributed by atoms with Gasteiger partial charge < -0.3 is 5.32 Å². The largest absolute Gasteiger partial charge is 0.307 e. The summed E-state index contributed by atoms with van der Waals surface area (Å²) in [6.45, 7) is 14.2. The van der Waals surface area contributed by atoms with Gasteiger partial charge in [-0.15, -0.1) is 5.10 Å². The summed E-state index contributed by atoms with van der Waals surface area (Å²) in [4.78, 5) is 0. The van der Waals surface area contributed by atoms with Crippen LogP contribution in [0.2, 0.25) is 0 Å². The summed E-state index contributed by atoms with van der Waals surface area (Å²) in [5.74, 6) is 1.58. The maximum Gasteiger partial charge on any atom is 0.168 e. The number of nitrogens with one attached hydrogen (secondary N) is 1. The Kier molecular flexibility index (Phi) is 5.91. The summed E-state index contributed by atoms with van der Waals surface area (Å²) < 4.78 is 2.05. The lowest BCUT2D eigenvalue weighted by Crippen LogP contribution is -2.37. The molecule has 0 aliphatic carbocycles. The molecule has 5 heteroatoms. The Morgan fingerprint density at radius 1 is 1.11 bits per heavy atom. The van der Waals surface area contributed by atoms with Crippen molar-refractivity contribution < 1.29 is 0 Å². The van der Waals surface area contributed by atoms with E-state index in [1.165, 1.54) is 0 Å². The van der Waals surface area contributed by atoms with E-state index in [2.05, 4.69) is 62.4 Å². The van der Waals surface area contributed by atoms with Gasteiger partial charge in [-0.3, -0.25) is 0 Å². The van der Waals surface area contributed by atoms with Crippen molar-refractivity contribution in [1.29, 1.82) is 0 Å². The molecule has 0 spiro atoms. The van der Waals surface area contributed by atoms with Crippen molar-refractivity contribution in [3.63, 3.8) is 0 Å². The number of rotatable bonds is 8. The first-order valence-corrected chi connectivity index (χ1v) is 7.52. The molecule has 0 fully saturated rings. The topological polar surface area (TPSA) is 55.6 Å². The van der Waals surface area contributed by atoms with Gasteiger partial charge in [0, 0.05) is 0 Å². The Morgan fingerprint density at radius 3 is 2.16 bits per heavy atom. The molecule has 0 aliphatic heterocycles. The summed E-state index contributed by atoms with van der Waals surface area (Å²) in [5.41, 5.74) is 0.0482. The molecule has 1 unspecified atom stereocenters. The molecule has 1 aromatic rings. The molecule has 19 heavy (non-hydrogen) atoms. The van der Waals surface area contributed by atoms with Gasteiger partial charge in [0.15, 0.2) is 5.82 Å². The molecular formula is C14H29N5. The highest BCUT2D eigenvalue weighted by Crippen LogP contribution is 2.30. The van der Waals surface area contributed by atoms with Crippen molar-refractivity contribution in [2.45, 2.75) is 72.4 Å². The van der Waals surface area contributed by atoms with Gasteiger partial charge >= 0.3 is 0 Å². The fourth-order valence-electron chi connectivity index (χ4n) is 2.50. The third kappa shape index (κ3) is 3.53. The summed E-state index contributed by atoms with van der Waals surface area (Å²) in [5, 5.41) is 15.9. The fourth-order valence-corrected chi connectivity index (χ4v) is 2.50. The van der Waals surface area contributed by atoms with Gasteiger partial charge in [0.2, 0.25) is 0 Å². The first-order chi connectivity index (χ1) is 9.00. The second-order valence-electron chi connectivity index (χ2n) is 5.76. The van der Waals surface area contributed by atoms with Crippen LogP contribution in [0.3, 0.4) is 0 Å². The maximum atomic E-state index is 4.26. The van der Waals surface area contributed by atoms with E-state index in [0.717, 1.165) is 31.6 Å². The minimum atomic E-state index is 0.0482. The molecule has 1 aromatic heterocycles. The van der Waals surface area contributed by atoms with E-state index in [0.29, 0.717) is 5.92 Å². The van der Waals surface area contributed by atoms with Gasteiger partial charge in [-0.05, 0) is 49.1 Å². The van der Waals surface area contributed by atoms with Gasteiger partial charge in [0.1, 0.15) is 0 Å². The minimum Gasteiger partial charge on any atom is -0.307 e. The van der Waals surface area contributed by atoms with Crippen LogP contribution in [0.5, 0.6) is 0 Å². The van der Waals surface area contributed by atoms with Crippen LogP contribution in [0.25, 0.3) is 0 Å². The van der Waals surface area contributed by atoms with Crippen molar-refractivity contribution in [2.24, 2.45) is 5.92 Å². The number of hydrogen-bond donors (Lipinski definition) is 1. The van der Waals surface area contributed by atoms with Crippen LogP contribution >= 0.6 is 0 Å². The van der Waals surface area contributed by atoms with Crippen LogP contribution in [0.1, 0.15) is 72.7 Å². The van der Waals surface area contributed by atoms with Crippen LogP contribution in [0, 0.1) is 5.92 Å². The SMILES string of the molecule is CCC(CC)(CC)n1nnnc1C(C)NCC(C)C. The number of hydrogen-bond acceptors (Lipinski definition) is 4. The third-order valence-electron chi connectivity index (χ3n) is 4.14. The molecule has 0 saturated carbocycles. The normalized spacial score (nSPS) is 14.1. The van der Waals surface area contributed by atoms with Gasteiger partial charge in [-0.2, -0.15) is 0 Å². The van der Waals surface area contributed by atoms with Crippen LogP contribution in [0.4, 0.5) is 0 Å². The van der Waals surface area contributed by atoms with E-state index < -0.39 is 0 Å². The smallest absolute Gasteiger partial charge is 0.168 e. The molecule has 1 rings (SSSR count). The van der Waals surface area contributed by atoms with Crippen molar-refractivity contribution in [3.05, 3.63) is 5.82 Å². The van der Waals surface area contributed by atoms with Crippen molar-refractivity contribution in [1.82, 2.24) is 25.5 Å². The molecule has 1 heterocycles. The zero-order chi connectivity index (χ0) is 14.5. The van der Waals surface area contributed by atoms with E-state index in [1.807, 2.05) is 4.68 Å². The van der Waals surface area contributed by atoms with Crippen molar-refractivity contribution in [3.8, 4) is 0 Å². The van der Waals surface area contributed by atoms with Crippen LogP contribution in [0.15, 0.2) is 0 Å². The van der Waals surface area contributed by atoms with Crippen LogP contribution < -0.4 is 5.32 Å². The zero-order valence-electron chi connectivity index (χ0n) is 13.3. The Hall–Kier alpha value is -0.970. The van der Waals surface area contributed by atoms with E-state index in [4.69, 9.17) is 0 Å². The average Bonchev–Trinajstić information content (AvgIpc) is 2.89. The molecule has 0 aliphatic rings. The van der Waals surface area contributed by atoms with Gasteiger partial charge in [0.05, 0.1) is 11.6 Å². The molecule has 0 aromatic carbocycles. The summed E-state index contributed by atoms with van der Waals surface area (Å²) in [7, 11) is 0. The van der Waals surface area contributed by atoms with Crippen molar-refractivity contribution in [2.75, 3.05) is 6.54 Å². The monoisotopic (exact) mass is 267 g/mol. The van der Waals surface area contributed by atoms with E-state index >= 15 is 0 Å². The molecule has 0 radical (unpaired) electrons. The Bertz CT molecular complexity index is 359. The van der Waals surface area contributed by atoms with E-state index in [-0.39, 0.29) is 11.6 Å². The Labute approximate surface area is 117 Å². The standard InChI is InChI=1S/C14H29N5/c1-7-14(8-2,9-3)19-13(16-17-18-19)12(6)15-10-11(4)5/h11-12,15H,7-10H2,1-6H3. The van der Waals surface area contributed by atoms with Crippen LogP contribution in [-0.2, 0) is 5.54 Å². The summed E-state index contributed by atoms with van der Waals surface area (Å²) in [6.07, 6.45) is 3.15. The van der Waals surface area contributed by atoms with Gasteiger partial charge in [-0.25, -0.2) is 4.68 Å². The molecule has 0 amide bonds. The van der Waals surface area contributed by atoms with Crippen LogP contribution in [-0.4, -0.2) is 26.8 Å². The Morgan fingerprint density at radius 2 is 1.68 bits per heavy atom. The number of aromatic nitrogens is 4. The summed E-state index contributed by atoms with van der Waals surface area (Å²) in [6, 6.07) is 0.182. The van der Waals surface area contributed by atoms with Gasteiger partial charge in [0.25, 0.3) is 0 Å². The third-order valence-corrected chi connectivity index (χ3v) is 4.14. The molecule has 0 saturated heterocycles. The highest BCUT2D eigenvalue weighted by Gasteiger charge is 2.31. The molecule has 1 N–H and O–H groups in total. The lowest BCUT2D eigenvalue weighted by Gasteiger charge is -2.32. The lowest BCUT2D eigenvalue weighted by molar-refractivity contribution is 0.208. The molecular weight excluding hydrogens is 238 g/mol. The van der Waals surface area contributed by atoms with E-state index in [9.17, 15) is 0 Å². The Balaban J connectivity index is 2.96. The predicted octanol–water partition coefficient (Wildman–Crippen LogP) is 2.91. The molecule has 5 nitrogen and oxygen atoms in total. The van der Waals surface area contributed by atoms with Gasteiger partial charge in [-0.1, -0.05) is 34.6 Å². The average molecular weight is 267 g/mol. The highest BCUT2D eigenvalue weighted by molar-refractivity contribution is 4.96. The number of nitrogens with zero attached hydrogens (tertiary/aromatic N) is 4. The summed E-state index contributed by atoms with van der Waals surface area (Å²) >= 11 is 0. The second kappa shape index (κ2) is 6.98. The lowest BCUT2D eigenvalue weighted by atomic mass is 9.89. The number of tetrazole rings is 1. The second-order valence-corrected chi connectivity index (χ2v) is 5.76. The fraction of sp³-hybridized carbons (Fsp3) is 0.929. The maximum absolute atomic E-state index is 4.26. The first-order valence-electron chi connectivity index (χ1n) is 7.52. The predicted molar refractivity (Wildman–Crippen MR) is 77.9 cm³/mol.